The number of hydrogen-bond acceptors (Lipinski definition) is 3. The summed E-state index contributed by atoms with van der Waals surface area (Å²) in [6.07, 6.45) is 4.02. The summed E-state index contributed by atoms with van der Waals surface area (Å²) in [5.41, 5.74) is 1.38. The van der Waals surface area contributed by atoms with Gasteiger partial charge < -0.3 is 5.32 Å². The van der Waals surface area contributed by atoms with E-state index in [1.54, 1.807) is 12.1 Å². The van der Waals surface area contributed by atoms with Crippen molar-refractivity contribution in [1.29, 1.82) is 5.26 Å². The zero-order chi connectivity index (χ0) is 13.5. The molecule has 0 bridgehead atoms. The summed E-state index contributed by atoms with van der Waals surface area (Å²) < 4.78 is 0. The summed E-state index contributed by atoms with van der Waals surface area (Å²) in [4.78, 5) is 4.10. The van der Waals surface area contributed by atoms with Crippen LogP contribution in [0.3, 0.4) is 0 Å². The average Bonchev–Trinajstić information content (AvgIpc) is 2.46. The Balaban J connectivity index is 1.93. The number of pyridine rings is 1. The molecular formula is C15H12ClN3. The Bertz CT molecular complexity index is 615. The minimum absolute atomic E-state index is 0.235. The number of benzene rings is 1. The molecule has 0 unspecified atom stereocenters. The summed E-state index contributed by atoms with van der Waals surface area (Å²) in [6, 6.07) is 15.4. The molecule has 1 aromatic carbocycles. The number of rotatable bonds is 4. The molecule has 2 rings (SSSR count). The van der Waals surface area contributed by atoms with Crippen LogP contribution in [0.4, 0.5) is 5.82 Å². The highest BCUT2D eigenvalue weighted by Gasteiger charge is 2.01. The molecule has 0 aliphatic heterocycles. The lowest BCUT2D eigenvalue weighted by Gasteiger charge is -2.03. The van der Waals surface area contributed by atoms with E-state index >= 15 is 0 Å². The zero-order valence-electron chi connectivity index (χ0n) is 10.2. The van der Waals surface area contributed by atoms with Crippen LogP contribution in [0.5, 0.6) is 0 Å². The van der Waals surface area contributed by atoms with Crippen LogP contribution in [-0.4, -0.2) is 11.5 Å². The molecule has 0 saturated carbocycles. The minimum Gasteiger partial charge on any atom is -0.367 e. The zero-order valence-corrected chi connectivity index (χ0v) is 10.9. The fraction of sp³-hybridized carbons (Fsp3) is 0.0667. The Morgan fingerprint density at radius 3 is 2.74 bits per heavy atom. The van der Waals surface area contributed by atoms with Gasteiger partial charge in [-0.25, -0.2) is 4.98 Å². The topological polar surface area (TPSA) is 48.7 Å². The van der Waals surface area contributed by atoms with Gasteiger partial charge in [-0.05, 0) is 17.7 Å². The van der Waals surface area contributed by atoms with Crippen LogP contribution in [0.15, 0.2) is 48.5 Å². The number of nitriles is 1. The standard InChI is InChI=1S/C15H12ClN3/c16-13-8-9-15(19-14(13)11-17)18-10-4-7-12-5-2-1-3-6-12/h1-9H,10H2,(H,18,19)/b7-4+. The summed E-state index contributed by atoms with van der Waals surface area (Å²) in [5.74, 6) is 0.638. The van der Waals surface area contributed by atoms with E-state index in [1.165, 1.54) is 0 Å². The van der Waals surface area contributed by atoms with E-state index in [1.807, 2.05) is 48.6 Å². The predicted octanol–water partition coefficient (Wildman–Crippen LogP) is 3.73. The summed E-state index contributed by atoms with van der Waals surface area (Å²) in [7, 11) is 0. The predicted molar refractivity (Wildman–Crippen MR) is 77.9 cm³/mol. The molecule has 2 aromatic rings. The average molecular weight is 270 g/mol. The first-order valence-corrected chi connectivity index (χ1v) is 6.19. The third-order valence-corrected chi connectivity index (χ3v) is 2.77. The van der Waals surface area contributed by atoms with Crippen LogP contribution in [-0.2, 0) is 0 Å². The number of halogens is 1. The highest BCUT2D eigenvalue weighted by atomic mass is 35.5. The van der Waals surface area contributed by atoms with Gasteiger partial charge in [0.05, 0.1) is 5.02 Å². The van der Waals surface area contributed by atoms with Gasteiger partial charge in [-0.2, -0.15) is 5.26 Å². The van der Waals surface area contributed by atoms with Crippen molar-refractivity contribution in [1.82, 2.24) is 4.98 Å². The minimum atomic E-state index is 0.235. The Morgan fingerprint density at radius 2 is 2.00 bits per heavy atom. The normalized spacial score (nSPS) is 10.3. The maximum absolute atomic E-state index is 8.82. The fourth-order valence-electron chi connectivity index (χ4n) is 1.54. The van der Waals surface area contributed by atoms with Crippen LogP contribution in [0.25, 0.3) is 6.08 Å². The van der Waals surface area contributed by atoms with Crippen molar-refractivity contribution in [3.8, 4) is 6.07 Å². The van der Waals surface area contributed by atoms with Gasteiger partial charge in [0, 0.05) is 6.54 Å². The molecular weight excluding hydrogens is 258 g/mol. The van der Waals surface area contributed by atoms with Gasteiger partial charge in [-0.15, -0.1) is 0 Å². The molecule has 0 atom stereocenters. The Kier molecular flexibility index (Phi) is 4.54. The first kappa shape index (κ1) is 13.1. The maximum atomic E-state index is 8.82. The molecule has 0 radical (unpaired) electrons. The number of hydrogen-bond donors (Lipinski definition) is 1. The monoisotopic (exact) mass is 269 g/mol. The molecule has 1 aromatic heterocycles. The van der Waals surface area contributed by atoms with Crippen molar-refractivity contribution in [2.75, 3.05) is 11.9 Å². The molecule has 4 heteroatoms. The lowest BCUT2D eigenvalue weighted by molar-refractivity contribution is 1.20. The van der Waals surface area contributed by atoms with Crippen LogP contribution < -0.4 is 5.32 Å². The van der Waals surface area contributed by atoms with E-state index in [-0.39, 0.29) is 5.69 Å². The molecule has 0 fully saturated rings. The molecule has 0 spiro atoms. The van der Waals surface area contributed by atoms with Gasteiger partial charge >= 0.3 is 0 Å². The van der Waals surface area contributed by atoms with Gasteiger partial charge in [0.25, 0.3) is 0 Å². The Morgan fingerprint density at radius 1 is 1.21 bits per heavy atom. The molecule has 0 saturated heterocycles. The van der Waals surface area contributed by atoms with Gasteiger partial charge in [-0.3, -0.25) is 0 Å². The van der Waals surface area contributed by atoms with Crippen LogP contribution in [0.1, 0.15) is 11.3 Å². The molecule has 19 heavy (non-hydrogen) atoms. The summed E-state index contributed by atoms with van der Waals surface area (Å²) in [5, 5.41) is 12.3. The maximum Gasteiger partial charge on any atom is 0.161 e. The second kappa shape index (κ2) is 6.58. The third-order valence-electron chi connectivity index (χ3n) is 2.46. The first-order chi connectivity index (χ1) is 9.29. The van der Waals surface area contributed by atoms with E-state index < -0.39 is 0 Å². The molecule has 0 aliphatic carbocycles. The van der Waals surface area contributed by atoms with Crippen LogP contribution >= 0.6 is 11.6 Å². The highest BCUT2D eigenvalue weighted by molar-refractivity contribution is 6.31. The molecule has 1 heterocycles. The van der Waals surface area contributed by atoms with Crippen molar-refractivity contribution >= 4 is 23.5 Å². The summed E-state index contributed by atoms with van der Waals surface area (Å²) in [6.45, 7) is 0.633. The van der Waals surface area contributed by atoms with Gasteiger partial charge in [0.15, 0.2) is 5.69 Å². The van der Waals surface area contributed by atoms with Crippen LogP contribution in [0, 0.1) is 11.3 Å². The van der Waals surface area contributed by atoms with Crippen molar-refractivity contribution in [3.05, 3.63) is 64.8 Å². The molecule has 1 N–H and O–H groups in total. The van der Waals surface area contributed by atoms with E-state index in [9.17, 15) is 0 Å². The SMILES string of the molecule is N#Cc1nc(NC/C=C/c2ccccc2)ccc1Cl. The molecule has 0 aliphatic rings. The lowest BCUT2D eigenvalue weighted by Crippen LogP contribution is -2.01. The number of anilines is 1. The van der Waals surface area contributed by atoms with Crippen molar-refractivity contribution in [2.45, 2.75) is 0 Å². The molecule has 3 nitrogen and oxygen atoms in total. The second-order valence-electron chi connectivity index (χ2n) is 3.83. The Labute approximate surface area is 117 Å². The number of nitrogens with zero attached hydrogens (tertiary/aromatic N) is 2. The van der Waals surface area contributed by atoms with Crippen molar-refractivity contribution in [2.24, 2.45) is 0 Å². The van der Waals surface area contributed by atoms with Gasteiger partial charge in [0.1, 0.15) is 11.9 Å². The number of nitrogens with one attached hydrogen (secondary N) is 1. The van der Waals surface area contributed by atoms with Gasteiger partial charge in [-0.1, -0.05) is 54.1 Å². The fourth-order valence-corrected chi connectivity index (χ4v) is 1.69. The summed E-state index contributed by atoms with van der Waals surface area (Å²) >= 11 is 5.81. The largest absolute Gasteiger partial charge is 0.367 e. The van der Waals surface area contributed by atoms with E-state index in [4.69, 9.17) is 16.9 Å². The van der Waals surface area contributed by atoms with E-state index in [0.29, 0.717) is 17.4 Å². The molecule has 94 valence electrons. The van der Waals surface area contributed by atoms with Crippen molar-refractivity contribution in [3.63, 3.8) is 0 Å². The van der Waals surface area contributed by atoms with Crippen LogP contribution in [0.2, 0.25) is 5.02 Å². The smallest absolute Gasteiger partial charge is 0.161 e. The highest BCUT2D eigenvalue weighted by Crippen LogP contribution is 2.15. The third kappa shape index (κ3) is 3.84. The van der Waals surface area contributed by atoms with E-state index in [2.05, 4.69) is 10.3 Å². The molecule has 0 amide bonds. The lowest BCUT2D eigenvalue weighted by atomic mass is 10.2. The first-order valence-electron chi connectivity index (χ1n) is 5.81. The number of aromatic nitrogens is 1. The Hall–Kier alpha value is -2.31. The second-order valence-corrected chi connectivity index (χ2v) is 4.24. The van der Waals surface area contributed by atoms with Crippen molar-refractivity contribution < 1.29 is 0 Å². The quantitative estimate of drug-likeness (QED) is 0.920. The van der Waals surface area contributed by atoms with Gasteiger partial charge in [0.2, 0.25) is 0 Å². The van der Waals surface area contributed by atoms with E-state index in [0.717, 1.165) is 5.56 Å².